The quantitative estimate of drug-likeness (QED) is 0.825. The highest BCUT2D eigenvalue weighted by molar-refractivity contribution is 6.58. The molecule has 3 nitrogen and oxygen atoms in total. The second kappa shape index (κ2) is 6.74. The molecule has 0 heterocycles. The summed E-state index contributed by atoms with van der Waals surface area (Å²) in [5.74, 6) is -0.462. The lowest BCUT2D eigenvalue weighted by Gasteiger charge is -2.24. The Morgan fingerprint density at radius 3 is 2.52 bits per heavy atom. The first-order valence-electron chi connectivity index (χ1n) is 6.96. The number of aryl methyl sites for hydroxylation is 1. The summed E-state index contributed by atoms with van der Waals surface area (Å²) in [7, 11) is -1.66. The molecule has 0 fully saturated rings. The van der Waals surface area contributed by atoms with Crippen molar-refractivity contribution in [2.24, 2.45) is 0 Å². The Morgan fingerprint density at radius 2 is 1.90 bits per heavy atom. The molecule has 2 aromatic carbocycles. The van der Waals surface area contributed by atoms with Crippen molar-refractivity contribution in [2.45, 2.75) is 20.4 Å². The Balaban J connectivity index is 2.26. The number of nitrogens with zero attached hydrogens (tertiary/aromatic N) is 1. The highest BCUT2D eigenvalue weighted by atomic mass is 19.1. The van der Waals surface area contributed by atoms with Crippen LogP contribution in [-0.4, -0.2) is 23.7 Å². The monoisotopic (exact) mass is 287 g/mol. The average molecular weight is 287 g/mol. The van der Waals surface area contributed by atoms with E-state index in [1.165, 1.54) is 6.07 Å². The SMILES string of the molecule is CCN(Cc1cc(F)cc(B(O)O)c1)c1cccc(C)c1. The van der Waals surface area contributed by atoms with E-state index in [0.717, 1.165) is 23.9 Å². The predicted molar refractivity (Wildman–Crippen MR) is 84.1 cm³/mol. The van der Waals surface area contributed by atoms with Crippen LogP contribution >= 0.6 is 0 Å². The van der Waals surface area contributed by atoms with E-state index in [0.29, 0.717) is 12.1 Å². The van der Waals surface area contributed by atoms with Crippen molar-refractivity contribution < 1.29 is 14.4 Å². The standard InChI is InChI=1S/C16H19BFNO2/c1-3-19(16-6-4-5-12(2)7-16)11-13-8-14(17(20)21)10-15(18)9-13/h4-10,20-21H,3,11H2,1-2H3. The highest BCUT2D eigenvalue weighted by Gasteiger charge is 2.14. The Morgan fingerprint density at radius 1 is 1.14 bits per heavy atom. The Labute approximate surface area is 124 Å². The van der Waals surface area contributed by atoms with Crippen LogP contribution in [0.25, 0.3) is 0 Å². The van der Waals surface area contributed by atoms with Gasteiger partial charge in [-0.05, 0) is 54.7 Å². The smallest absolute Gasteiger partial charge is 0.423 e. The van der Waals surface area contributed by atoms with Gasteiger partial charge in [-0.15, -0.1) is 0 Å². The summed E-state index contributed by atoms with van der Waals surface area (Å²) in [6.07, 6.45) is 0. The van der Waals surface area contributed by atoms with Gasteiger partial charge < -0.3 is 14.9 Å². The molecule has 2 N–H and O–H groups in total. The summed E-state index contributed by atoms with van der Waals surface area (Å²) >= 11 is 0. The number of hydrogen-bond acceptors (Lipinski definition) is 3. The van der Waals surface area contributed by atoms with Crippen LogP contribution < -0.4 is 10.4 Å². The van der Waals surface area contributed by atoms with Gasteiger partial charge in [0.05, 0.1) is 0 Å². The van der Waals surface area contributed by atoms with Gasteiger partial charge in [-0.1, -0.05) is 18.2 Å². The average Bonchev–Trinajstić information content (AvgIpc) is 2.44. The fourth-order valence-corrected chi connectivity index (χ4v) is 2.35. The van der Waals surface area contributed by atoms with Gasteiger partial charge in [0, 0.05) is 18.8 Å². The first-order valence-corrected chi connectivity index (χ1v) is 6.96. The largest absolute Gasteiger partial charge is 0.488 e. The minimum atomic E-state index is -1.66. The molecule has 2 rings (SSSR count). The maximum absolute atomic E-state index is 13.6. The molecular weight excluding hydrogens is 268 g/mol. The van der Waals surface area contributed by atoms with Crippen molar-refractivity contribution in [3.63, 3.8) is 0 Å². The van der Waals surface area contributed by atoms with Crippen LogP contribution in [0.1, 0.15) is 18.1 Å². The van der Waals surface area contributed by atoms with Gasteiger partial charge in [-0.3, -0.25) is 0 Å². The minimum absolute atomic E-state index is 0.172. The number of rotatable bonds is 5. The summed E-state index contributed by atoms with van der Waals surface area (Å²) in [6, 6.07) is 12.3. The van der Waals surface area contributed by atoms with E-state index in [9.17, 15) is 14.4 Å². The molecule has 0 spiro atoms. The van der Waals surface area contributed by atoms with Crippen LogP contribution in [-0.2, 0) is 6.54 Å². The number of halogens is 1. The first kappa shape index (κ1) is 15.5. The van der Waals surface area contributed by atoms with Gasteiger partial charge >= 0.3 is 7.12 Å². The molecule has 0 radical (unpaired) electrons. The molecule has 0 aliphatic rings. The summed E-state index contributed by atoms with van der Waals surface area (Å²) in [5, 5.41) is 18.4. The van der Waals surface area contributed by atoms with Crippen molar-refractivity contribution in [1.82, 2.24) is 0 Å². The van der Waals surface area contributed by atoms with E-state index in [2.05, 4.69) is 11.0 Å². The number of anilines is 1. The van der Waals surface area contributed by atoms with Crippen molar-refractivity contribution in [3.8, 4) is 0 Å². The number of benzene rings is 2. The zero-order valence-electron chi connectivity index (χ0n) is 12.3. The Kier molecular flexibility index (Phi) is 4.99. The molecule has 0 amide bonds. The van der Waals surface area contributed by atoms with Crippen LogP contribution in [0.15, 0.2) is 42.5 Å². The van der Waals surface area contributed by atoms with Crippen LogP contribution in [0.5, 0.6) is 0 Å². The fourth-order valence-electron chi connectivity index (χ4n) is 2.35. The normalized spacial score (nSPS) is 10.5. The molecule has 2 aromatic rings. The lowest BCUT2D eigenvalue weighted by Crippen LogP contribution is -2.31. The Hall–Kier alpha value is -1.85. The molecule has 0 aliphatic carbocycles. The number of hydrogen-bond donors (Lipinski definition) is 2. The highest BCUT2D eigenvalue weighted by Crippen LogP contribution is 2.18. The molecule has 0 saturated carbocycles. The molecule has 0 aromatic heterocycles. The molecule has 0 aliphatic heterocycles. The van der Waals surface area contributed by atoms with Gasteiger partial charge in [-0.2, -0.15) is 0 Å². The minimum Gasteiger partial charge on any atom is -0.423 e. The third-order valence-electron chi connectivity index (χ3n) is 3.40. The maximum Gasteiger partial charge on any atom is 0.488 e. The van der Waals surface area contributed by atoms with Gasteiger partial charge in [0.15, 0.2) is 0 Å². The van der Waals surface area contributed by atoms with Crippen molar-refractivity contribution in [3.05, 3.63) is 59.4 Å². The first-order chi connectivity index (χ1) is 9.99. The van der Waals surface area contributed by atoms with Gasteiger partial charge in [0.2, 0.25) is 0 Å². The summed E-state index contributed by atoms with van der Waals surface area (Å²) in [6.45, 7) is 5.34. The molecule has 5 heteroatoms. The molecule has 0 saturated heterocycles. The molecule has 0 bridgehead atoms. The Bertz CT molecular complexity index is 619. The molecule has 110 valence electrons. The second-order valence-electron chi connectivity index (χ2n) is 5.12. The summed E-state index contributed by atoms with van der Waals surface area (Å²) in [4.78, 5) is 2.11. The molecule has 0 unspecified atom stereocenters. The van der Waals surface area contributed by atoms with E-state index in [4.69, 9.17) is 0 Å². The molecule has 0 atom stereocenters. The van der Waals surface area contributed by atoms with Gasteiger partial charge in [0.25, 0.3) is 0 Å². The van der Waals surface area contributed by atoms with Crippen molar-refractivity contribution in [1.29, 1.82) is 0 Å². The summed E-state index contributed by atoms with van der Waals surface area (Å²) < 4.78 is 13.6. The summed E-state index contributed by atoms with van der Waals surface area (Å²) in [5.41, 5.74) is 3.11. The van der Waals surface area contributed by atoms with E-state index in [1.807, 2.05) is 32.0 Å². The topological polar surface area (TPSA) is 43.7 Å². The van der Waals surface area contributed by atoms with E-state index >= 15 is 0 Å². The molecule has 21 heavy (non-hydrogen) atoms. The van der Waals surface area contributed by atoms with Crippen molar-refractivity contribution in [2.75, 3.05) is 11.4 Å². The van der Waals surface area contributed by atoms with E-state index in [1.54, 1.807) is 6.07 Å². The maximum atomic E-state index is 13.6. The van der Waals surface area contributed by atoms with E-state index in [-0.39, 0.29) is 5.46 Å². The van der Waals surface area contributed by atoms with Crippen LogP contribution in [0.4, 0.5) is 10.1 Å². The lowest BCUT2D eigenvalue weighted by molar-refractivity contribution is 0.425. The van der Waals surface area contributed by atoms with Crippen LogP contribution in [0.3, 0.4) is 0 Å². The third kappa shape index (κ3) is 4.06. The van der Waals surface area contributed by atoms with Crippen molar-refractivity contribution >= 4 is 18.3 Å². The fraction of sp³-hybridized carbons (Fsp3) is 0.250. The predicted octanol–water partition coefficient (Wildman–Crippen LogP) is 1.84. The van der Waals surface area contributed by atoms with Crippen LogP contribution in [0, 0.1) is 12.7 Å². The zero-order valence-corrected chi connectivity index (χ0v) is 12.3. The molecular formula is C16H19BFNO2. The van der Waals surface area contributed by atoms with Crippen LogP contribution in [0.2, 0.25) is 0 Å². The second-order valence-corrected chi connectivity index (χ2v) is 5.12. The van der Waals surface area contributed by atoms with E-state index < -0.39 is 12.9 Å². The van der Waals surface area contributed by atoms with Gasteiger partial charge in [-0.25, -0.2) is 4.39 Å². The third-order valence-corrected chi connectivity index (χ3v) is 3.40. The lowest BCUT2D eigenvalue weighted by atomic mass is 9.79. The zero-order chi connectivity index (χ0) is 15.4. The van der Waals surface area contributed by atoms with Gasteiger partial charge in [0.1, 0.15) is 5.82 Å².